The monoisotopic (exact) mass is 1150 g/mol. The molecule has 0 bridgehead atoms. The Kier molecular flexibility index (Phi) is 19.6. The molecule has 82 heavy (non-hydrogen) atoms. The van der Waals surface area contributed by atoms with Crippen LogP contribution in [0.3, 0.4) is 0 Å². The summed E-state index contributed by atoms with van der Waals surface area (Å²) in [5.74, 6) is -1.92. The third kappa shape index (κ3) is 13.9. The molecule has 5 aromatic carbocycles. The smallest absolute Gasteiger partial charge is 0.247 e. The van der Waals surface area contributed by atoms with Gasteiger partial charge in [0.2, 0.25) is 35.4 Å². The summed E-state index contributed by atoms with van der Waals surface area (Å²) in [6.45, 7) is 4.48. The fourth-order valence-corrected chi connectivity index (χ4v) is 12.1. The van der Waals surface area contributed by atoms with Crippen LogP contribution in [0.4, 0.5) is 11.4 Å². The number of nitrogens with zero attached hydrogens (tertiary/aromatic N) is 4. The summed E-state index contributed by atoms with van der Waals surface area (Å²) < 4.78 is 0. The largest absolute Gasteiger partial charge is 0.346 e. The second-order valence-corrected chi connectivity index (χ2v) is 22.3. The fraction of sp³-hybridized carbons (Fsp3) is 0.387. The maximum atomic E-state index is 14.8. The first-order valence-corrected chi connectivity index (χ1v) is 29.1. The number of rotatable bonds is 16. The number of likely N-dealkylation sites (N-methyl/N-ethyl adjacent to an activating group) is 2. The van der Waals surface area contributed by atoms with Crippen LogP contribution in [0.1, 0.15) is 86.7 Å². The van der Waals surface area contributed by atoms with E-state index in [0.717, 1.165) is 22.3 Å². The van der Waals surface area contributed by atoms with E-state index in [1.165, 1.54) is 0 Å². The quantitative estimate of drug-likeness (QED) is 0.0597. The van der Waals surface area contributed by atoms with Crippen LogP contribution < -0.4 is 42.5 Å². The minimum Gasteiger partial charge on any atom is -0.346 e. The average molecular weight is 1150 g/mol. The maximum Gasteiger partial charge on any atom is 0.247 e. The number of thiocarbonyl (C=S) groups is 2. The predicted octanol–water partition coefficient (Wildman–Crippen LogP) is 5.21. The van der Waals surface area contributed by atoms with Gasteiger partial charge in [-0.05, 0) is 137 Å². The van der Waals surface area contributed by atoms with Gasteiger partial charge in [-0.3, -0.25) is 28.8 Å². The van der Waals surface area contributed by atoms with Crippen LogP contribution in [0.15, 0.2) is 146 Å². The molecule has 0 spiro atoms. The van der Waals surface area contributed by atoms with Gasteiger partial charge in [-0.2, -0.15) is 0 Å². The Morgan fingerprint density at radius 2 is 0.780 bits per heavy atom. The Morgan fingerprint density at radius 1 is 0.463 bits per heavy atom. The highest BCUT2D eigenvalue weighted by Gasteiger charge is 2.47. The summed E-state index contributed by atoms with van der Waals surface area (Å²) in [4.78, 5) is 92.6. The van der Waals surface area contributed by atoms with E-state index in [1.54, 1.807) is 37.7 Å². The summed E-state index contributed by atoms with van der Waals surface area (Å²) in [7, 11) is 3.35. The lowest BCUT2D eigenvalue weighted by Gasteiger charge is -2.40. The molecule has 6 amide bonds. The summed E-state index contributed by atoms with van der Waals surface area (Å²) in [6, 6.07) is 40.3. The molecular formula is C62H74N12O6S2. The van der Waals surface area contributed by atoms with E-state index in [1.807, 2.05) is 155 Å². The van der Waals surface area contributed by atoms with Crippen molar-refractivity contribution in [2.75, 3.05) is 50.9 Å². The molecule has 9 rings (SSSR count). The minimum atomic E-state index is -1.01. The van der Waals surface area contributed by atoms with E-state index >= 15 is 0 Å². The molecule has 0 aromatic heterocycles. The number of nitrogens with one attached hydrogen (secondary N) is 8. The zero-order chi connectivity index (χ0) is 57.9. The van der Waals surface area contributed by atoms with Crippen molar-refractivity contribution in [2.24, 2.45) is 0 Å². The first kappa shape index (κ1) is 58.9. The predicted molar refractivity (Wildman–Crippen MR) is 325 cm³/mol. The Bertz CT molecular complexity index is 2770. The zero-order valence-electron chi connectivity index (χ0n) is 46.8. The van der Waals surface area contributed by atoms with Crippen molar-refractivity contribution in [1.82, 2.24) is 51.5 Å². The van der Waals surface area contributed by atoms with Crippen molar-refractivity contribution in [2.45, 2.75) is 113 Å². The number of anilines is 2. The van der Waals surface area contributed by atoms with E-state index in [9.17, 15) is 28.8 Å². The Morgan fingerprint density at radius 3 is 1.09 bits per heavy atom. The second-order valence-electron chi connectivity index (χ2n) is 21.6. The number of benzene rings is 5. The van der Waals surface area contributed by atoms with Gasteiger partial charge < -0.3 is 62.1 Å². The van der Waals surface area contributed by atoms with Crippen LogP contribution >= 0.6 is 24.4 Å². The van der Waals surface area contributed by atoms with Crippen LogP contribution in [0.5, 0.6) is 0 Å². The molecule has 8 N–H and O–H groups in total. The topological polar surface area (TPSA) is 212 Å². The molecule has 20 heteroatoms. The van der Waals surface area contributed by atoms with Crippen LogP contribution in [0.2, 0.25) is 0 Å². The van der Waals surface area contributed by atoms with E-state index < -0.39 is 48.3 Å². The van der Waals surface area contributed by atoms with E-state index in [4.69, 9.17) is 24.4 Å². The molecule has 0 saturated carbocycles. The summed E-state index contributed by atoms with van der Waals surface area (Å²) in [5, 5.41) is 25.8. The van der Waals surface area contributed by atoms with Gasteiger partial charge >= 0.3 is 0 Å². The highest BCUT2D eigenvalue weighted by Crippen LogP contribution is 2.34. The molecule has 4 fully saturated rings. The molecule has 8 atom stereocenters. The number of hydrogen-bond acceptors (Lipinski definition) is 10. The van der Waals surface area contributed by atoms with Gasteiger partial charge in [0.25, 0.3) is 0 Å². The van der Waals surface area contributed by atoms with Gasteiger partial charge in [-0.25, -0.2) is 0 Å². The summed E-state index contributed by atoms with van der Waals surface area (Å²) >= 11 is 12.1. The first-order valence-electron chi connectivity index (χ1n) is 28.3. The van der Waals surface area contributed by atoms with Gasteiger partial charge in [0, 0.05) is 49.6 Å². The van der Waals surface area contributed by atoms with E-state index in [-0.39, 0.29) is 60.6 Å². The van der Waals surface area contributed by atoms with Crippen LogP contribution in [0, 0.1) is 0 Å². The molecule has 0 aliphatic carbocycles. The van der Waals surface area contributed by atoms with E-state index in [2.05, 4.69) is 42.5 Å². The fourth-order valence-electron chi connectivity index (χ4n) is 11.5. The van der Waals surface area contributed by atoms with Crippen molar-refractivity contribution in [1.29, 1.82) is 0 Å². The lowest BCUT2D eigenvalue weighted by atomic mass is 9.98. The Labute approximate surface area is 490 Å². The lowest BCUT2D eigenvalue weighted by Crippen LogP contribution is -2.62. The highest BCUT2D eigenvalue weighted by atomic mass is 32.1. The Balaban J connectivity index is 0.855. The molecule has 5 aromatic rings. The van der Waals surface area contributed by atoms with Gasteiger partial charge in [0.15, 0.2) is 10.2 Å². The number of amides is 6. The van der Waals surface area contributed by atoms with Crippen molar-refractivity contribution in [3.05, 3.63) is 168 Å². The van der Waals surface area contributed by atoms with Crippen molar-refractivity contribution < 1.29 is 28.8 Å². The van der Waals surface area contributed by atoms with Gasteiger partial charge in [0.1, 0.15) is 24.2 Å². The third-order valence-electron chi connectivity index (χ3n) is 16.3. The van der Waals surface area contributed by atoms with Gasteiger partial charge in [0.05, 0.1) is 24.2 Å². The van der Waals surface area contributed by atoms with Crippen LogP contribution in [-0.4, -0.2) is 154 Å². The third-order valence-corrected chi connectivity index (χ3v) is 17.1. The molecule has 4 aliphatic rings. The highest BCUT2D eigenvalue weighted by molar-refractivity contribution is 7.80. The number of carbonyl (C=O) groups excluding carboxylic acids is 6. The lowest BCUT2D eigenvalue weighted by molar-refractivity contribution is -0.144. The average Bonchev–Trinajstić information content (AvgIpc) is 4.22. The molecule has 18 nitrogen and oxygen atoms in total. The molecule has 0 radical (unpaired) electrons. The molecule has 4 aliphatic heterocycles. The maximum absolute atomic E-state index is 14.8. The zero-order valence-corrected chi connectivity index (χ0v) is 48.4. The molecule has 4 saturated heterocycles. The van der Waals surface area contributed by atoms with E-state index in [0.29, 0.717) is 73.2 Å². The molecular weight excluding hydrogens is 1070 g/mol. The van der Waals surface area contributed by atoms with Gasteiger partial charge in [-0.1, -0.05) is 121 Å². The normalized spacial score (nSPS) is 21.6. The standard InChI is InChI=1S/C62H74N12O6S2/c1-39(63-3)55(75)67-49-37-71(35-33-47-29-31-51(73(47)59(49)79)57(77)69-53(41-17-9-5-10-18-41)42-19-11-6-12-20-42)61(81)65-45-25-27-46(28-26-45)66-62(82)72-36-34-48-30-32-52(74(48)60(80)50(38-72)68-56(76)40(2)64-4)58(78)70-54(43-21-13-7-14-22-43)44-23-15-8-16-24-44/h5-28,39-40,47-54,63-64H,29-38H2,1-4H3,(H,65,81)(H,66,82)(H,67,75)(H,68,76)(H,69,77)(H,70,78)/t39-,40-,47+,48+,49-,50-,51-,52-/m0/s1. The molecule has 430 valence electrons. The van der Waals surface area contributed by atoms with Crippen molar-refractivity contribution >= 4 is 81.5 Å². The SMILES string of the molecule is CN[C@@H](C)C(=O)N[C@H]1CN(C(=S)Nc2ccc(NC(=S)N3CC[C@H]4CC[C@@H](C(=O)NC(c5ccccc5)c5ccccc5)N4C(=O)[C@@H](NC(=O)[C@H](C)NC)C3)cc2)CC[C@H]2CC[C@@H](C(=O)NC(c3ccccc3)c3ccccc3)N2C1=O. The second kappa shape index (κ2) is 27.3. The van der Waals surface area contributed by atoms with Crippen LogP contribution in [-0.2, 0) is 28.8 Å². The number of fused-ring (bicyclic) bond motifs is 2. The number of hydrogen-bond donors (Lipinski definition) is 8. The van der Waals surface area contributed by atoms with Crippen molar-refractivity contribution in [3.63, 3.8) is 0 Å². The number of carbonyl (C=O) groups is 6. The Hall–Kier alpha value is -7.78. The van der Waals surface area contributed by atoms with Crippen LogP contribution in [0.25, 0.3) is 0 Å². The van der Waals surface area contributed by atoms with Gasteiger partial charge in [-0.15, -0.1) is 0 Å². The summed E-state index contributed by atoms with van der Waals surface area (Å²) in [5.41, 5.74) is 5.02. The minimum absolute atomic E-state index is 0.0675. The molecule has 4 heterocycles. The summed E-state index contributed by atoms with van der Waals surface area (Å²) in [6.07, 6.45) is 3.23. The molecule has 0 unspecified atom stereocenters. The first-order chi connectivity index (χ1) is 39.7. The van der Waals surface area contributed by atoms with Crippen molar-refractivity contribution in [3.8, 4) is 0 Å².